The molecular weight excluding hydrogens is 408 g/mol. The number of benzene rings is 2. The highest BCUT2D eigenvalue weighted by Crippen LogP contribution is 2.29. The van der Waals surface area contributed by atoms with E-state index >= 15 is 0 Å². The molecule has 0 unspecified atom stereocenters. The van der Waals surface area contributed by atoms with Gasteiger partial charge in [0.25, 0.3) is 0 Å². The fourth-order valence-electron chi connectivity index (χ4n) is 3.03. The molecule has 0 spiro atoms. The maximum Gasteiger partial charge on any atom is 0.320 e. The Morgan fingerprint density at radius 1 is 1.28 bits per heavy atom. The molecule has 2 aromatic carbocycles. The summed E-state index contributed by atoms with van der Waals surface area (Å²) in [6.07, 6.45) is 1.63. The molecule has 0 aromatic heterocycles. The Kier molecular flexibility index (Phi) is 7.01. The summed E-state index contributed by atoms with van der Waals surface area (Å²) >= 11 is 4.92. The van der Waals surface area contributed by atoms with Crippen LogP contribution in [0.15, 0.2) is 46.9 Å². The van der Waals surface area contributed by atoms with Crippen molar-refractivity contribution in [3.63, 3.8) is 0 Å². The zero-order valence-electron chi connectivity index (χ0n) is 16.9. The molecule has 5 nitrogen and oxygen atoms in total. The molecule has 0 saturated carbocycles. The third-order valence-electron chi connectivity index (χ3n) is 4.52. The molecule has 0 amide bonds. The monoisotopic (exact) mass is 432 g/mol. The largest absolute Gasteiger partial charge is 0.591 e. The number of rotatable bonds is 6. The highest BCUT2D eigenvalue weighted by atomic mass is 35.5. The van der Waals surface area contributed by atoms with Crippen molar-refractivity contribution in [2.75, 3.05) is 6.54 Å². The lowest BCUT2D eigenvalue weighted by atomic mass is 10.0. The summed E-state index contributed by atoms with van der Waals surface area (Å²) in [5.74, 6) is -0.267. The minimum absolute atomic E-state index is 0.198. The van der Waals surface area contributed by atoms with Crippen LogP contribution in [0.25, 0.3) is 0 Å². The van der Waals surface area contributed by atoms with Crippen molar-refractivity contribution < 1.29 is 14.1 Å². The summed E-state index contributed by atoms with van der Waals surface area (Å²) in [4.78, 5) is 14.3. The van der Waals surface area contributed by atoms with E-state index in [2.05, 4.69) is 4.40 Å². The Balaban J connectivity index is 1.63. The fraction of sp³-hybridized carbons (Fsp3) is 0.364. The molecule has 2 aromatic rings. The van der Waals surface area contributed by atoms with Crippen LogP contribution in [0.5, 0.6) is 0 Å². The SMILES string of the molecule is CC(C)(C)[S@+]([O-])/N=C/c1cc(Cl)cc2c1CN(CC(=O)OCc1ccccc1)C2. The van der Waals surface area contributed by atoms with Gasteiger partial charge in [-0.05, 0) is 49.6 Å². The quantitative estimate of drug-likeness (QED) is 0.388. The molecule has 0 N–H and O–H groups in total. The van der Waals surface area contributed by atoms with Crippen molar-refractivity contribution >= 4 is 35.1 Å². The second kappa shape index (κ2) is 9.30. The molecular formula is C22H25ClN2O3S. The van der Waals surface area contributed by atoms with Crippen molar-refractivity contribution in [3.05, 3.63) is 69.7 Å². The summed E-state index contributed by atoms with van der Waals surface area (Å²) in [5.41, 5.74) is 3.91. The molecule has 1 atom stereocenters. The van der Waals surface area contributed by atoms with Gasteiger partial charge in [-0.2, -0.15) is 0 Å². The first-order valence-corrected chi connectivity index (χ1v) is 10.9. The van der Waals surface area contributed by atoms with E-state index in [4.69, 9.17) is 16.3 Å². The lowest BCUT2D eigenvalue weighted by Gasteiger charge is -2.18. The van der Waals surface area contributed by atoms with Crippen LogP contribution in [-0.2, 0) is 40.6 Å². The van der Waals surface area contributed by atoms with Crippen molar-refractivity contribution in [2.24, 2.45) is 4.40 Å². The summed E-state index contributed by atoms with van der Waals surface area (Å²) < 4.78 is 21.4. The van der Waals surface area contributed by atoms with Crippen LogP contribution in [0.1, 0.15) is 43.0 Å². The van der Waals surface area contributed by atoms with Crippen LogP contribution < -0.4 is 0 Å². The number of esters is 1. The zero-order chi connectivity index (χ0) is 21.0. The van der Waals surface area contributed by atoms with Crippen LogP contribution in [0.4, 0.5) is 0 Å². The van der Waals surface area contributed by atoms with Gasteiger partial charge in [0, 0.05) is 23.7 Å². The van der Waals surface area contributed by atoms with Gasteiger partial charge < -0.3 is 9.29 Å². The maximum absolute atomic E-state index is 12.2. The Labute approximate surface area is 180 Å². The lowest BCUT2D eigenvalue weighted by molar-refractivity contribution is -0.146. The van der Waals surface area contributed by atoms with Crippen LogP contribution >= 0.6 is 11.6 Å². The highest BCUT2D eigenvalue weighted by Gasteiger charge is 2.27. The van der Waals surface area contributed by atoms with Crippen molar-refractivity contribution in [3.8, 4) is 0 Å². The lowest BCUT2D eigenvalue weighted by Crippen LogP contribution is -2.26. The fourth-order valence-corrected chi connectivity index (χ4v) is 3.80. The first kappa shape index (κ1) is 21.8. The van der Waals surface area contributed by atoms with E-state index in [0.717, 1.165) is 22.3 Å². The molecule has 0 aliphatic carbocycles. The smallest absolute Gasteiger partial charge is 0.320 e. The average Bonchev–Trinajstić information content (AvgIpc) is 3.06. The van der Waals surface area contributed by atoms with Gasteiger partial charge in [-0.25, -0.2) is 0 Å². The highest BCUT2D eigenvalue weighted by molar-refractivity contribution is 7.91. The van der Waals surface area contributed by atoms with E-state index in [1.807, 2.05) is 68.1 Å². The summed E-state index contributed by atoms with van der Waals surface area (Å²) in [7, 11) is 0. The summed E-state index contributed by atoms with van der Waals surface area (Å²) in [6.45, 7) is 7.31. The van der Waals surface area contributed by atoms with Crippen LogP contribution in [0, 0.1) is 0 Å². The Bertz CT molecular complexity index is 897. The van der Waals surface area contributed by atoms with Gasteiger partial charge in [0.15, 0.2) is 0 Å². The molecule has 0 radical (unpaired) electrons. The Hall–Kier alpha value is -1.86. The van der Waals surface area contributed by atoms with Gasteiger partial charge in [-0.1, -0.05) is 46.3 Å². The molecule has 3 rings (SSSR count). The minimum atomic E-state index is -1.34. The van der Waals surface area contributed by atoms with Crippen molar-refractivity contribution in [1.29, 1.82) is 0 Å². The first-order valence-electron chi connectivity index (χ1n) is 9.41. The van der Waals surface area contributed by atoms with E-state index < -0.39 is 16.1 Å². The molecule has 1 heterocycles. The third-order valence-corrected chi connectivity index (χ3v) is 6.09. The molecule has 1 aliphatic rings. The van der Waals surface area contributed by atoms with E-state index in [-0.39, 0.29) is 19.1 Å². The predicted molar refractivity (Wildman–Crippen MR) is 117 cm³/mol. The molecule has 29 heavy (non-hydrogen) atoms. The molecule has 154 valence electrons. The minimum Gasteiger partial charge on any atom is -0.591 e. The van der Waals surface area contributed by atoms with E-state index in [0.29, 0.717) is 18.1 Å². The second-order valence-electron chi connectivity index (χ2n) is 8.02. The standard InChI is InChI=1S/C22H25ClN2O3S/c1-22(2,3)29(27)24-11-17-9-19(23)10-18-12-25(13-20(17)18)14-21(26)28-15-16-7-5-4-6-8-16/h4-11H,12-15H2,1-3H3/b24-11+/t29-/m0/s1. The van der Waals surface area contributed by atoms with Crippen LogP contribution in [0.3, 0.4) is 0 Å². The molecule has 0 fully saturated rings. The summed E-state index contributed by atoms with van der Waals surface area (Å²) in [6, 6.07) is 13.3. The topological polar surface area (TPSA) is 65.0 Å². The Morgan fingerprint density at radius 3 is 2.69 bits per heavy atom. The van der Waals surface area contributed by atoms with Gasteiger partial charge in [-0.15, -0.1) is 0 Å². The van der Waals surface area contributed by atoms with E-state index in [9.17, 15) is 9.35 Å². The third kappa shape index (κ3) is 6.06. The number of ether oxygens (including phenoxy) is 1. The number of carbonyl (C=O) groups excluding carboxylic acids is 1. The van der Waals surface area contributed by atoms with Gasteiger partial charge in [-0.3, -0.25) is 9.69 Å². The number of halogens is 1. The zero-order valence-corrected chi connectivity index (χ0v) is 18.4. The van der Waals surface area contributed by atoms with Crippen LogP contribution in [0.2, 0.25) is 5.02 Å². The molecule has 7 heteroatoms. The van der Waals surface area contributed by atoms with Crippen molar-refractivity contribution in [2.45, 2.75) is 45.2 Å². The number of hydrogen-bond donors (Lipinski definition) is 0. The first-order chi connectivity index (χ1) is 13.7. The normalized spacial score (nSPS) is 15.5. The number of carbonyl (C=O) groups is 1. The van der Waals surface area contributed by atoms with Gasteiger partial charge >= 0.3 is 5.97 Å². The number of fused-ring (bicyclic) bond motifs is 1. The van der Waals surface area contributed by atoms with Crippen molar-refractivity contribution in [1.82, 2.24) is 4.90 Å². The predicted octanol–water partition coefficient (Wildman–Crippen LogP) is 4.28. The van der Waals surface area contributed by atoms with Gasteiger partial charge in [0.2, 0.25) is 0 Å². The molecule has 0 saturated heterocycles. The van der Waals surface area contributed by atoms with Crippen LogP contribution in [-0.4, -0.2) is 32.9 Å². The van der Waals surface area contributed by atoms with E-state index in [1.54, 1.807) is 6.21 Å². The summed E-state index contributed by atoms with van der Waals surface area (Å²) in [5, 5.41) is 0.597. The van der Waals surface area contributed by atoms with Gasteiger partial charge in [0.1, 0.15) is 22.7 Å². The Morgan fingerprint density at radius 2 is 2.00 bits per heavy atom. The maximum atomic E-state index is 12.2. The number of nitrogens with zero attached hydrogens (tertiary/aromatic N) is 2. The van der Waals surface area contributed by atoms with E-state index in [1.165, 1.54) is 0 Å². The second-order valence-corrected chi connectivity index (χ2v) is 10.4. The molecule has 0 bridgehead atoms. The number of hydrogen-bond acceptors (Lipinski definition) is 5. The van der Waals surface area contributed by atoms with Gasteiger partial charge in [0.05, 0.1) is 12.8 Å². The average molecular weight is 433 g/mol. The molecule has 1 aliphatic heterocycles.